The highest BCUT2D eigenvalue weighted by Gasteiger charge is 1.93. The molecule has 0 fully saturated rings. The second-order valence-electron chi connectivity index (χ2n) is 1.99. The first-order chi connectivity index (χ1) is 5.72. The number of hydrogen-bond donors (Lipinski definition) is 0. The average Bonchev–Trinajstić information content (AvgIpc) is 2.11. The third kappa shape index (κ3) is 4.55. The Morgan fingerprint density at radius 2 is 1.58 bits per heavy atom. The van der Waals surface area contributed by atoms with E-state index in [1.54, 1.807) is 0 Å². The van der Waals surface area contributed by atoms with E-state index in [0.717, 1.165) is 18.4 Å². The van der Waals surface area contributed by atoms with E-state index in [1.165, 1.54) is 12.1 Å². The van der Waals surface area contributed by atoms with Crippen LogP contribution in [-0.4, -0.2) is 6.29 Å². The third-order valence-electron chi connectivity index (χ3n) is 0.991. The summed E-state index contributed by atoms with van der Waals surface area (Å²) in [5.74, 6) is -1.60. The Kier molecular flexibility index (Phi) is 5.79. The molecule has 0 aliphatic heterocycles. The Bertz CT molecular complexity index is 215. The molecule has 0 amide bonds. The van der Waals surface area contributed by atoms with E-state index >= 15 is 0 Å². The molecule has 0 saturated heterocycles. The van der Waals surface area contributed by atoms with Crippen LogP contribution in [0.5, 0.6) is 0 Å². The molecule has 3 heteroatoms. The van der Waals surface area contributed by atoms with Gasteiger partial charge in [0, 0.05) is 6.42 Å². The highest BCUT2D eigenvalue weighted by Crippen LogP contribution is 2.01. The third-order valence-corrected chi connectivity index (χ3v) is 0.991. The summed E-state index contributed by atoms with van der Waals surface area (Å²) in [5.41, 5.74) is 0. The van der Waals surface area contributed by atoms with Crippen LogP contribution in [-0.2, 0) is 4.79 Å². The quantitative estimate of drug-likeness (QED) is 0.595. The van der Waals surface area contributed by atoms with Crippen molar-refractivity contribution in [1.82, 2.24) is 0 Å². The van der Waals surface area contributed by atoms with Crippen molar-refractivity contribution in [2.75, 3.05) is 0 Å². The highest BCUT2D eigenvalue weighted by molar-refractivity contribution is 5.48. The second-order valence-corrected chi connectivity index (χ2v) is 1.99. The van der Waals surface area contributed by atoms with Crippen molar-refractivity contribution >= 4 is 6.29 Å². The molecule has 0 aliphatic carbocycles. The molecule has 0 heterocycles. The van der Waals surface area contributed by atoms with Gasteiger partial charge in [-0.25, -0.2) is 8.78 Å². The van der Waals surface area contributed by atoms with Gasteiger partial charge in [-0.1, -0.05) is 19.1 Å². The van der Waals surface area contributed by atoms with Crippen LogP contribution in [0.4, 0.5) is 8.78 Å². The summed E-state index contributed by atoms with van der Waals surface area (Å²) >= 11 is 0. The maximum Gasteiger partial charge on any atom is 0.158 e. The monoisotopic (exact) mass is 172 g/mol. The molecular formula is C9H10F2O. The van der Waals surface area contributed by atoms with Crippen molar-refractivity contribution < 1.29 is 13.6 Å². The molecule has 1 nitrogen and oxygen atoms in total. The van der Waals surface area contributed by atoms with Gasteiger partial charge in [0.25, 0.3) is 0 Å². The van der Waals surface area contributed by atoms with Gasteiger partial charge in [0.15, 0.2) is 11.6 Å². The number of hydrogen-bond acceptors (Lipinski definition) is 1. The lowest BCUT2D eigenvalue weighted by atomic mass is 10.3. The minimum atomic E-state index is -0.799. The van der Waals surface area contributed by atoms with Gasteiger partial charge in [-0.2, -0.15) is 0 Å². The SMILES string of the molecule is CCC=O.Fc1ccccc1F. The lowest BCUT2D eigenvalue weighted by molar-refractivity contribution is -0.107. The molecule has 0 aromatic heterocycles. The summed E-state index contributed by atoms with van der Waals surface area (Å²) < 4.78 is 23.9. The van der Waals surface area contributed by atoms with E-state index in [2.05, 4.69) is 0 Å². The Labute approximate surface area is 70.0 Å². The van der Waals surface area contributed by atoms with Crippen molar-refractivity contribution in [3.63, 3.8) is 0 Å². The summed E-state index contributed by atoms with van der Waals surface area (Å²) in [6.45, 7) is 1.81. The van der Waals surface area contributed by atoms with Crippen LogP contribution in [0.2, 0.25) is 0 Å². The fraction of sp³-hybridized carbons (Fsp3) is 0.222. The Balaban J connectivity index is 0.000000261. The first-order valence-electron chi connectivity index (χ1n) is 3.56. The lowest BCUT2D eigenvalue weighted by Gasteiger charge is -1.85. The van der Waals surface area contributed by atoms with Crippen LogP contribution in [0.25, 0.3) is 0 Å². The van der Waals surface area contributed by atoms with E-state index in [1.807, 2.05) is 6.92 Å². The zero-order valence-corrected chi connectivity index (χ0v) is 6.76. The molecule has 66 valence electrons. The van der Waals surface area contributed by atoms with E-state index < -0.39 is 11.6 Å². The smallest absolute Gasteiger partial charge is 0.158 e. The molecule has 1 aromatic rings. The largest absolute Gasteiger partial charge is 0.303 e. The zero-order chi connectivity index (χ0) is 9.40. The highest BCUT2D eigenvalue weighted by atomic mass is 19.2. The van der Waals surface area contributed by atoms with Gasteiger partial charge in [0.1, 0.15) is 6.29 Å². The number of aldehydes is 1. The molecular weight excluding hydrogens is 162 g/mol. The van der Waals surface area contributed by atoms with Crippen molar-refractivity contribution in [3.8, 4) is 0 Å². The summed E-state index contributed by atoms with van der Waals surface area (Å²) in [6.07, 6.45) is 1.51. The Morgan fingerprint density at radius 3 is 1.75 bits per heavy atom. The Morgan fingerprint density at radius 1 is 1.25 bits per heavy atom. The fourth-order valence-electron chi connectivity index (χ4n) is 0.439. The minimum absolute atomic E-state index is 0.639. The predicted octanol–water partition coefficient (Wildman–Crippen LogP) is 2.56. The van der Waals surface area contributed by atoms with Crippen LogP contribution >= 0.6 is 0 Å². The number of benzene rings is 1. The standard InChI is InChI=1S/C6H4F2.C3H6O/c7-5-3-1-2-4-6(5)8;1-2-3-4/h1-4H;3H,2H2,1H3. The van der Waals surface area contributed by atoms with Gasteiger partial charge in [0.2, 0.25) is 0 Å². The molecule has 0 radical (unpaired) electrons. The van der Waals surface area contributed by atoms with Crippen molar-refractivity contribution in [2.24, 2.45) is 0 Å². The topological polar surface area (TPSA) is 17.1 Å². The number of halogens is 2. The molecule has 0 atom stereocenters. The van der Waals surface area contributed by atoms with Crippen LogP contribution in [0, 0.1) is 11.6 Å². The normalized spacial score (nSPS) is 8.25. The van der Waals surface area contributed by atoms with Gasteiger partial charge >= 0.3 is 0 Å². The zero-order valence-electron chi connectivity index (χ0n) is 6.76. The van der Waals surface area contributed by atoms with Crippen LogP contribution in [0.3, 0.4) is 0 Å². The maximum atomic E-state index is 11.9. The van der Waals surface area contributed by atoms with Gasteiger partial charge in [0.05, 0.1) is 0 Å². The molecule has 0 bridgehead atoms. The molecule has 0 unspecified atom stereocenters. The average molecular weight is 172 g/mol. The first-order valence-corrected chi connectivity index (χ1v) is 3.56. The lowest BCUT2D eigenvalue weighted by Crippen LogP contribution is -1.77. The number of rotatable bonds is 1. The van der Waals surface area contributed by atoms with E-state index in [0.29, 0.717) is 6.42 Å². The van der Waals surface area contributed by atoms with E-state index in [9.17, 15) is 13.6 Å². The van der Waals surface area contributed by atoms with Gasteiger partial charge in [-0.15, -0.1) is 0 Å². The van der Waals surface area contributed by atoms with Crippen LogP contribution in [0.1, 0.15) is 13.3 Å². The molecule has 12 heavy (non-hydrogen) atoms. The van der Waals surface area contributed by atoms with Crippen molar-refractivity contribution in [3.05, 3.63) is 35.9 Å². The van der Waals surface area contributed by atoms with Crippen LogP contribution < -0.4 is 0 Å². The van der Waals surface area contributed by atoms with E-state index in [4.69, 9.17) is 0 Å². The van der Waals surface area contributed by atoms with Gasteiger partial charge < -0.3 is 4.79 Å². The van der Waals surface area contributed by atoms with Crippen molar-refractivity contribution in [2.45, 2.75) is 13.3 Å². The summed E-state index contributed by atoms with van der Waals surface area (Å²) in [4.78, 5) is 9.17. The number of carbonyl (C=O) groups excluding carboxylic acids is 1. The number of carbonyl (C=O) groups is 1. The minimum Gasteiger partial charge on any atom is -0.303 e. The Hall–Kier alpha value is -1.25. The molecule has 1 aromatic carbocycles. The van der Waals surface area contributed by atoms with Gasteiger partial charge in [-0.05, 0) is 12.1 Å². The molecule has 0 N–H and O–H groups in total. The van der Waals surface area contributed by atoms with E-state index in [-0.39, 0.29) is 0 Å². The predicted molar refractivity (Wildman–Crippen MR) is 42.7 cm³/mol. The molecule has 0 aliphatic rings. The maximum absolute atomic E-state index is 11.9. The summed E-state index contributed by atoms with van der Waals surface area (Å²) in [7, 11) is 0. The first kappa shape index (κ1) is 10.8. The molecule has 0 spiro atoms. The summed E-state index contributed by atoms with van der Waals surface area (Å²) in [6, 6.07) is 5.04. The fourth-order valence-corrected chi connectivity index (χ4v) is 0.439. The molecule has 1 rings (SSSR count). The van der Waals surface area contributed by atoms with Crippen LogP contribution in [0.15, 0.2) is 24.3 Å². The van der Waals surface area contributed by atoms with Crippen molar-refractivity contribution in [1.29, 1.82) is 0 Å². The second kappa shape index (κ2) is 6.46. The van der Waals surface area contributed by atoms with Gasteiger partial charge in [-0.3, -0.25) is 0 Å². The summed E-state index contributed by atoms with van der Waals surface area (Å²) in [5, 5.41) is 0. The molecule has 0 saturated carbocycles.